The fraction of sp³-hybridized carbons (Fsp3) is 0.696. The minimum atomic E-state index is 0.696. The molecule has 2 saturated heterocycles. The second kappa shape index (κ2) is 12.0. The van der Waals surface area contributed by atoms with Gasteiger partial charge in [0.25, 0.3) is 0 Å². The molecule has 2 heterocycles. The number of likely N-dealkylation sites (tertiary alicyclic amines) is 1. The summed E-state index contributed by atoms with van der Waals surface area (Å²) in [6, 6.07) is 9.53. The number of hydrogen-bond acceptors (Lipinski definition) is 4. The fourth-order valence-electron chi connectivity index (χ4n) is 4.12. The molecule has 1 unspecified atom stereocenters. The van der Waals surface area contributed by atoms with Crippen molar-refractivity contribution in [2.75, 3.05) is 57.4 Å². The molecular formula is C23H39N5O. The van der Waals surface area contributed by atoms with Crippen molar-refractivity contribution in [2.45, 2.75) is 52.1 Å². The van der Waals surface area contributed by atoms with Crippen molar-refractivity contribution in [1.82, 2.24) is 15.5 Å². The standard InChI is InChI=1S/C23H39N5O/c1-3-24-23(25-12-6-14-27-13-5-4-7-20(27)2)26-19-21-8-10-22(11-9-21)28-15-17-29-18-16-28/h8-11,20H,3-7,12-19H2,1-2H3,(H2,24,25,26). The van der Waals surface area contributed by atoms with E-state index in [2.05, 4.69) is 58.5 Å². The Bertz CT molecular complexity index is 612. The second-order valence-corrected chi connectivity index (χ2v) is 8.12. The van der Waals surface area contributed by atoms with Crippen LogP contribution in [0.2, 0.25) is 0 Å². The van der Waals surface area contributed by atoms with Crippen molar-refractivity contribution >= 4 is 11.6 Å². The Morgan fingerprint density at radius 3 is 2.62 bits per heavy atom. The molecule has 1 aromatic rings. The Morgan fingerprint density at radius 1 is 1.10 bits per heavy atom. The van der Waals surface area contributed by atoms with Crippen LogP contribution in [0.3, 0.4) is 0 Å². The molecule has 0 aromatic heterocycles. The molecule has 2 aliphatic rings. The number of ether oxygens (including phenoxy) is 1. The molecule has 0 bridgehead atoms. The zero-order chi connectivity index (χ0) is 20.3. The number of piperidine rings is 1. The van der Waals surface area contributed by atoms with Crippen molar-refractivity contribution in [3.05, 3.63) is 29.8 Å². The predicted octanol–water partition coefficient (Wildman–Crippen LogP) is 2.84. The van der Waals surface area contributed by atoms with Crippen LogP contribution in [0.4, 0.5) is 5.69 Å². The molecule has 0 saturated carbocycles. The van der Waals surface area contributed by atoms with Gasteiger partial charge in [0.05, 0.1) is 19.8 Å². The van der Waals surface area contributed by atoms with Gasteiger partial charge in [0.15, 0.2) is 5.96 Å². The summed E-state index contributed by atoms with van der Waals surface area (Å²) >= 11 is 0. The lowest BCUT2D eigenvalue weighted by atomic mass is 10.0. The molecule has 0 aliphatic carbocycles. The first-order valence-electron chi connectivity index (χ1n) is 11.4. The highest BCUT2D eigenvalue weighted by molar-refractivity contribution is 5.79. The van der Waals surface area contributed by atoms with Gasteiger partial charge in [0.1, 0.15) is 0 Å². The van der Waals surface area contributed by atoms with Gasteiger partial charge in [-0.3, -0.25) is 0 Å². The summed E-state index contributed by atoms with van der Waals surface area (Å²) < 4.78 is 5.44. The molecule has 6 nitrogen and oxygen atoms in total. The Morgan fingerprint density at radius 2 is 1.90 bits per heavy atom. The Balaban J connectivity index is 1.43. The van der Waals surface area contributed by atoms with Crippen LogP contribution >= 0.6 is 0 Å². The maximum absolute atomic E-state index is 5.44. The number of benzene rings is 1. The molecule has 3 rings (SSSR count). The van der Waals surface area contributed by atoms with Gasteiger partial charge in [-0.1, -0.05) is 18.6 Å². The Hall–Kier alpha value is -1.79. The number of nitrogens with zero attached hydrogens (tertiary/aromatic N) is 3. The van der Waals surface area contributed by atoms with E-state index in [9.17, 15) is 0 Å². The lowest BCUT2D eigenvalue weighted by molar-refractivity contribution is 0.122. The van der Waals surface area contributed by atoms with Gasteiger partial charge in [-0.25, -0.2) is 4.99 Å². The third kappa shape index (κ3) is 7.19. The largest absolute Gasteiger partial charge is 0.378 e. The fourth-order valence-corrected chi connectivity index (χ4v) is 4.12. The van der Waals surface area contributed by atoms with Gasteiger partial charge in [0, 0.05) is 44.5 Å². The van der Waals surface area contributed by atoms with Gasteiger partial charge in [-0.2, -0.15) is 0 Å². The molecule has 2 fully saturated rings. The number of rotatable bonds is 8. The molecular weight excluding hydrogens is 362 g/mol. The van der Waals surface area contributed by atoms with Gasteiger partial charge in [-0.05, 0) is 57.4 Å². The van der Waals surface area contributed by atoms with Crippen LogP contribution in [0, 0.1) is 0 Å². The molecule has 6 heteroatoms. The van der Waals surface area contributed by atoms with Crippen LogP contribution in [-0.2, 0) is 11.3 Å². The topological polar surface area (TPSA) is 52.1 Å². The van der Waals surface area contributed by atoms with Crippen LogP contribution < -0.4 is 15.5 Å². The summed E-state index contributed by atoms with van der Waals surface area (Å²) in [6.07, 6.45) is 5.25. The van der Waals surface area contributed by atoms with Crippen molar-refractivity contribution in [1.29, 1.82) is 0 Å². The van der Waals surface area contributed by atoms with E-state index in [0.717, 1.165) is 57.8 Å². The highest BCUT2D eigenvalue weighted by Crippen LogP contribution is 2.17. The monoisotopic (exact) mass is 401 g/mol. The first kappa shape index (κ1) is 21.9. The summed E-state index contributed by atoms with van der Waals surface area (Å²) in [6.45, 7) is 13.0. The van der Waals surface area contributed by atoms with Gasteiger partial charge in [-0.15, -0.1) is 0 Å². The van der Waals surface area contributed by atoms with E-state index in [4.69, 9.17) is 9.73 Å². The summed E-state index contributed by atoms with van der Waals surface area (Å²) in [4.78, 5) is 9.78. The highest BCUT2D eigenvalue weighted by Gasteiger charge is 2.17. The van der Waals surface area contributed by atoms with E-state index in [-0.39, 0.29) is 0 Å². The second-order valence-electron chi connectivity index (χ2n) is 8.12. The Kier molecular flexibility index (Phi) is 9.09. The first-order valence-corrected chi connectivity index (χ1v) is 11.4. The first-order chi connectivity index (χ1) is 14.3. The molecule has 0 radical (unpaired) electrons. The molecule has 2 aliphatic heterocycles. The molecule has 1 atom stereocenters. The van der Waals surface area contributed by atoms with E-state index < -0.39 is 0 Å². The quantitative estimate of drug-likeness (QED) is 0.399. The minimum absolute atomic E-state index is 0.696. The number of morpholine rings is 1. The predicted molar refractivity (Wildman–Crippen MR) is 122 cm³/mol. The van der Waals surface area contributed by atoms with Crippen molar-refractivity contribution < 1.29 is 4.74 Å². The van der Waals surface area contributed by atoms with Crippen LogP contribution in [0.25, 0.3) is 0 Å². The molecule has 2 N–H and O–H groups in total. The Labute approximate surface area is 176 Å². The molecule has 162 valence electrons. The number of aliphatic imine (C=N–C) groups is 1. The van der Waals surface area contributed by atoms with Crippen LogP contribution in [0.5, 0.6) is 0 Å². The van der Waals surface area contributed by atoms with E-state index in [1.54, 1.807) is 0 Å². The molecule has 0 amide bonds. The summed E-state index contributed by atoms with van der Waals surface area (Å²) in [5, 5.41) is 6.86. The number of anilines is 1. The van der Waals surface area contributed by atoms with Crippen LogP contribution in [0.15, 0.2) is 29.3 Å². The zero-order valence-electron chi connectivity index (χ0n) is 18.3. The van der Waals surface area contributed by atoms with E-state index in [1.165, 1.54) is 43.6 Å². The number of nitrogens with one attached hydrogen (secondary N) is 2. The van der Waals surface area contributed by atoms with Crippen molar-refractivity contribution in [3.8, 4) is 0 Å². The lowest BCUT2D eigenvalue weighted by Gasteiger charge is -2.33. The average Bonchev–Trinajstić information content (AvgIpc) is 2.77. The van der Waals surface area contributed by atoms with Crippen LogP contribution in [0.1, 0.15) is 45.1 Å². The smallest absolute Gasteiger partial charge is 0.191 e. The van der Waals surface area contributed by atoms with Crippen molar-refractivity contribution in [2.24, 2.45) is 4.99 Å². The van der Waals surface area contributed by atoms with Gasteiger partial charge >= 0.3 is 0 Å². The summed E-state index contributed by atoms with van der Waals surface area (Å²) in [7, 11) is 0. The normalized spacial score (nSPS) is 21.2. The molecule has 1 aromatic carbocycles. The summed E-state index contributed by atoms with van der Waals surface area (Å²) in [5.41, 5.74) is 2.51. The number of hydrogen-bond donors (Lipinski definition) is 2. The lowest BCUT2D eigenvalue weighted by Crippen LogP contribution is -2.41. The third-order valence-corrected chi connectivity index (χ3v) is 5.93. The molecule has 29 heavy (non-hydrogen) atoms. The minimum Gasteiger partial charge on any atom is -0.378 e. The zero-order valence-corrected chi connectivity index (χ0v) is 18.3. The van der Waals surface area contributed by atoms with E-state index in [0.29, 0.717) is 6.54 Å². The maximum Gasteiger partial charge on any atom is 0.191 e. The average molecular weight is 402 g/mol. The van der Waals surface area contributed by atoms with E-state index >= 15 is 0 Å². The highest BCUT2D eigenvalue weighted by atomic mass is 16.5. The summed E-state index contributed by atoms with van der Waals surface area (Å²) in [5.74, 6) is 0.913. The van der Waals surface area contributed by atoms with Gasteiger partial charge < -0.3 is 25.2 Å². The third-order valence-electron chi connectivity index (χ3n) is 5.93. The van der Waals surface area contributed by atoms with Gasteiger partial charge in [0.2, 0.25) is 0 Å². The number of guanidine groups is 1. The SMILES string of the molecule is CCNC(=NCc1ccc(N2CCOCC2)cc1)NCCCN1CCCCC1C. The van der Waals surface area contributed by atoms with Crippen LogP contribution in [-0.4, -0.2) is 69.4 Å². The maximum atomic E-state index is 5.44. The molecule has 0 spiro atoms. The van der Waals surface area contributed by atoms with Crippen molar-refractivity contribution in [3.63, 3.8) is 0 Å². The van der Waals surface area contributed by atoms with E-state index in [1.807, 2.05) is 0 Å².